The first-order valence-corrected chi connectivity index (χ1v) is 5.49. The van der Waals surface area contributed by atoms with Crippen LogP contribution in [0.15, 0.2) is 30.5 Å². The van der Waals surface area contributed by atoms with E-state index in [0.717, 1.165) is 10.9 Å². The second kappa shape index (κ2) is 5.36. The molecule has 1 aromatic carbocycles. The smallest absolute Gasteiger partial charge is 0.286 e. The van der Waals surface area contributed by atoms with Crippen molar-refractivity contribution in [3.05, 3.63) is 36.3 Å². The van der Waals surface area contributed by atoms with Crippen LogP contribution in [-0.4, -0.2) is 29.0 Å². The summed E-state index contributed by atoms with van der Waals surface area (Å²) in [6.07, 6.45) is 2.97. The van der Waals surface area contributed by atoms with E-state index in [1.54, 1.807) is 6.20 Å². The molecule has 0 unspecified atom stereocenters. The van der Waals surface area contributed by atoms with Gasteiger partial charge >= 0.3 is 0 Å². The van der Waals surface area contributed by atoms with Crippen LogP contribution in [0, 0.1) is 0 Å². The van der Waals surface area contributed by atoms with Crippen LogP contribution in [0.5, 0.6) is 0 Å². The lowest BCUT2D eigenvalue weighted by Crippen LogP contribution is -2.29. The summed E-state index contributed by atoms with van der Waals surface area (Å²) in [5.41, 5.74) is 5.77. The molecule has 0 saturated carbocycles. The van der Waals surface area contributed by atoms with Gasteiger partial charge in [-0.15, -0.1) is 0 Å². The first kappa shape index (κ1) is 11.5. The number of hydrogen-bond acceptors (Lipinski definition) is 4. The Balaban J connectivity index is 0.000000228. The van der Waals surface area contributed by atoms with Gasteiger partial charge in [0.25, 0.3) is 5.91 Å². The van der Waals surface area contributed by atoms with E-state index in [0.29, 0.717) is 0 Å². The molecule has 5 heteroatoms. The van der Waals surface area contributed by atoms with Crippen molar-refractivity contribution < 1.29 is 4.79 Å². The van der Waals surface area contributed by atoms with Crippen LogP contribution < -0.4 is 11.1 Å². The number of fused-ring (bicyclic) bond motifs is 1. The van der Waals surface area contributed by atoms with Crippen molar-refractivity contribution >= 4 is 16.8 Å². The lowest BCUT2D eigenvalue weighted by atomic mass is 10.2. The van der Waals surface area contributed by atoms with E-state index in [1.165, 1.54) is 19.5 Å². The predicted octanol–water partition coefficient (Wildman–Crippen LogP) is 0.708. The molecular formula is C12H14N4O. The lowest BCUT2D eigenvalue weighted by molar-refractivity contribution is 0.0991. The molecule has 0 spiro atoms. The number of aromatic nitrogens is 2. The van der Waals surface area contributed by atoms with Crippen molar-refractivity contribution in [3.63, 3.8) is 0 Å². The van der Waals surface area contributed by atoms with Gasteiger partial charge in [-0.3, -0.25) is 4.79 Å². The third kappa shape index (κ3) is 2.98. The SMILES string of the molecule is C1CNC1.NC(=O)c1ncc2ccccc2n1. The molecule has 2 aromatic rings. The first-order chi connectivity index (χ1) is 8.27. The highest BCUT2D eigenvalue weighted by Gasteiger charge is 2.03. The molecule has 1 fully saturated rings. The van der Waals surface area contributed by atoms with Crippen LogP contribution in [-0.2, 0) is 0 Å². The van der Waals surface area contributed by atoms with E-state index >= 15 is 0 Å². The third-order valence-electron chi connectivity index (χ3n) is 2.42. The predicted molar refractivity (Wildman–Crippen MR) is 65.5 cm³/mol. The summed E-state index contributed by atoms with van der Waals surface area (Å²) < 4.78 is 0. The minimum Gasteiger partial charge on any atom is -0.363 e. The molecule has 0 radical (unpaired) electrons. The number of nitrogens with two attached hydrogens (primary N) is 1. The van der Waals surface area contributed by atoms with Crippen molar-refractivity contribution in [2.45, 2.75) is 6.42 Å². The summed E-state index contributed by atoms with van der Waals surface area (Å²) in [4.78, 5) is 18.6. The van der Waals surface area contributed by atoms with Gasteiger partial charge in [-0.2, -0.15) is 0 Å². The number of nitrogens with one attached hydrogen (secondary N) is 1. The number of carbonyl (C=O) groups excluding carboxylic acids is 1. The van der Waals surface area contributed by atoms with Gasteiger partial charge in [-0.05, 0) is 25.6 Å². The number of carbonyl (C=O) groups is 1. The van der Waals surface area contributed by atoms with Gasteiger partial charge < -0.3 is 11.1 Å². The van der Waals surface area contributed by atoms with Gasteiger partial charge in [0.1, 0.15) is 0 Å². The van der Waals surface area contributed by atoms with Gasteiger partial charge in [0.15, 0.2) is 0 Å². The van der Waals surface area contributed by atoms with Crippen molar-refractivity contribution in [2.75, 3.05) is 13.1 Å². The maximum atomic E-state index is 10.7. The number of nitrogens with zero attached hydrogens (tertiary/aromatic N) is 2. The van der Waals surface area contributed by atoms with E-state index in [2.05, 4.69) is 15.3 Å². The van der Waals surface area contributed by atoms with Gasteiger partial charge in [-0.25, -0.2) is 9.97 Å². The Hall–Kier alpha value is -2.01. The van der Waals surface area contributed by atoms with Crippen LogP contribution in [0.25, 0.3) is 10.9 Å². The van der Waals surface area contributed by atoms with E-state index in [-0.39, 0.29) is 5.82 Å². The van der Waals surface area contributed by atoms with Crippen LogP contribution in [0.1, 0.15) is 17.0 Å². The largest absolute Gasteiger partial charge is 0.363 e. The molecule has 1 aliphatic heterocycles. The van der Waals surface area contributed by atoms with Crippen molar-refractivity contribution in [3.8, 4) is 0 Å². The highest BCUT2D eigenvalue weighted by atomic mass is 16.1. The Morgan fingerprint density at radius 1 is 1.29 bits per heavy atom. The second-order valence-electron chi connectivity index (χ2n) is 3.72. The van der Waals surface area contributed by atoms with Crippen LogP contribution in [0.2, 0.25) is 0 Å². The molecule has 88 valence electrons. The topological polar surface area (TPSA) is 80.9 Å². The Bertz CT molecular complexity index is 519. The Labute approximate surface area is 99.1 Å². The summed E-state index contributed by atoms with van der Waals surface area (Å²) >= 11 is 0. The molecule has 1 aliphatic rings. The van der Waals surface area contributed by atoms with E-state index in [4.69, 9.17) is 5.73 Å². The van der Waals surface area contributed by atoms with Gasteiger partial charge in [-0.1, -0.05) is 18.2 Å². The average Bonchev–Trinajstić information content (AvgIpc) is 2.26. The quantitative estimate of drug-likeness (QED) is 0.756. The minimum absolute atomic E-state index is 0.0544. The van der Waals surface area contributed by atoms with Crippen LogP contribution in [0.4, 0.5) is 0 Å². The Morgan fingerprint density at radius 2 is 1.94 bits per heavy atom. The highest BCUT2D eigenvalue weighted by Crippen LogP contribution is 2.08. The molecule has 0 atom stereocenters. The monoisotopic (exact) mass is 230 g/mol. The van der Waals surface area contributed by atoms with Gasteiger partial charge in [0.2, 0.25) is 5.82 Å². The zero-order valence-electron chi connectivity index (χ0n) is 9.39. The van der Waals surface area contributed by atoms with Gasteiger partial charge in [0, 0.05) is 11.6 Å². The molecule has 1 amide bonds. The zero-order chi connectivity index (χ0) is 12.1. The summed E-state index contributed by atoms with van der Waals surface area (Å²) in [6.45, 7) is 2.50. The molecule has 0 bridgehead atoms. The summed E-state index contributed by atoms with van der Waals surface area (Å²) in [5.74, 6) is -0.551. The van der Waals surface area contributed by atoms with E-state index in [1.807, 2.05) is 24.3 Å². The van der Waals surface area contributed by atoms with Crippen molar-refractivity contribution in [2.24, 2.45) is 5.73 Å². The number of amides is 1. The molecule has 1 saturated heterocycles. The molecule has 2 heterocycles. The van der Waals surface area contributed by atoms with Crippen molar-refractivity contribution in [1.82, 2.24) is 15.3 Å². The number of rotatable bonds is 1. The minimum atomic E-state index is -0.606. The number of para-hydroxylation sites is 1. The molecule has 1 aromatic heterocycles. The Morgan fingerprint density at radius 3 is 2.53 bits per heavy atom. The fourth-order valence-electron chi connectivity index (χ4n) is 1.27. The molecule has 17 heavy (non-hydrogen) atoms. The molecule has 3 N–H and O–H groups in total. The molecule has 0 aliphatic carbocycles. The van der Waals surface area contributed by atoms with Gasteiger partial charge in [0.05, 0.1) is 5.52 Å². The normalized spacial score (nSPS) is 13.4. The third-order valence-corrected chi connectivity index (χ3v) is 2.42. The zero-order valence-corrected chi connectivity index (χ0v) is 9.39. The molecular weight excluding hydrogens is 216 g/mol. The number of benzene rings is 1. The molecule has 3 rings (SSSR count). The standard InChI is InChI=1S/C9H7N3O.C3H7N/c10-8(13)9-11-5-6-3-1-2-4-7(6)12-9;1-2-4-3-1/h1-5H,(H2,10,13);4H,1-3H2. The summed E-state index contributed by atoms with van der Waals surface area (Å²) in [5, 5.41) is 4.01. The van der Waals surface area contributed by atoms with Crippen molar-refractivity contribution in [1.29, 1.82) is 0 Å². The summed E-state index contributed by atoms with van der Waals surface area (Å²) in [7, 11) is 0. The maximum Gasteiger partial charge on any atom is 0.286 e. The lowest BCUT2D eigenvalue weighted by Gasteiger charge is -2.09. The molecule has 5 nitrogen and oxygen atoms in total. The average molecular weight is 230 g/mol. The Kier molecular flexibility index (Phi) is 3.62. The number of hydrogen-bond donors (Lipinski definition) is 2. The van der Waals surface area contributed by atoms with Crippen LogP contribution in [0.3, 0.4) is 0 Å². The fraction of sp³-hybridized carbons (Fsp3) is 0.250. The first-order valence-electron chi connectivity index (χ1n) is 5.49. The summed E-state index contributed by atoms with van der Waals surface area (Å²) in [6, 6.07) is 7.42. The fourth-order valence-corrected chi connectivity index (χ4v) is 1.27. The highest BCUT2D eigenvalue weighted by molar-refractivity contribution is 5.91. The second-order valence-corrected chi connectivity index (χ2v) is 3.72. The van der Waals surface area contributed by atoms with E-state index < -0.39 is 5.91 Å². The van der Waals surface area contributed by atoms with E-state index in [9.17, 15) is 4.79 Å². The maximum absolute atomic E-state index is 10.7. The number of primary amides is 1. The van der Waals surface area contributed by atoms with Crippen LogP contribution >= 0.6 is 0 Å².